The van der Waals surface area contributed by atoms with Gasteiger partial charge in [-0.1, -0.05) is 48.0 Å². The minimum Gasteiger partial charge on any atom is -0.493 e. The second kappa shape index (κ2) is 8.67. The summed E-state index contributed by atoms with van der Waals surface area (Å²) in [7, 11) is 1.57. The van der Waals surface area contributed by atoms with E-state index in [0.29, 0.717) is 40.8 Å². The average Bonchev–Trinajstić information content (AvgIpc) is 3.25. The van der Waals surface area contributed by atoms with Crippen LogP contribution in [-0.4, -0.2) is 29.2 Å². The first kappa shape index (κ1) is 21.2. The van der Waals surface area contributed by atoms with Gasteiger partial charge in [0.1, 0.15) is 18.2 Å². The summed E-state index contributed by atoms with van der Waals surface area (Å²) in [6.45, 7) is 0.652. The van der Waals surface area contributed by atoms with Crippen LogP contribution in [0.5, 0.6) is 11.5 Å². The van der Waals surface area contributed by atoms with Gasteiger partial charge < -0.3 is 23.9 Å². The Bertz CT molecular complexity index is 1320. The Morgan fingerprint density at radius 3 is 2.79 bits per heavy atom. The molecule has 1 N–H and O–H groups in total. The molecule has 33 heavy (non-hydrogen) atoms. The van der Waals surface area contributed by atoms with Crippen LogP contribution in [0.4, 0.5) is 6.01 Å². The molecule has 1 aromatic heterocycles. The Morgan fingerprint density at radius 1 is 1.21 bits per heavy atom. The van der Waals surface area contributed by atoms with Crippen LogP contribution < -0.4 is 14.4 Å². The molecule has 0 fully saturated rings. The highest BCUT2D eigenvalue weighted by atomic mass is 35.5. The van der Waals surface area contributed by atoms with Gasteiger partial charge in [0, 0.05) is 29.6 Å². The number of carboxylic acid groups (broad SMARTS) is 1. The molecule has 3 aromatic carbocycles. The first-order valence-electron chi connectivity index (χ1n) is 10.4. The fraction of sp³-hybridized carbons (Fsp3) is 0.200. The van der Waals surface area contributed by atoms with Gasteiger partial charge in [-0.25, -0.2) is 4.79 Å². The number of aromatic nitrogens is 1. The number of nitrogens with zero attached hydrogens (tertiary/aromatic N) is 2. The SMILES string of the molecule is COc1ccc2c(c1OCc1ccccc1)C[C@@H](C(=O)O)N(c1nc3ccc(Cl)cc3o1)C2. The van der Waals surface area contributed by atoms with Crippen molar-refractivity contribution in [1.29, 1.82) is 0 Å². The number of hydrogen-bond donors (Lipinski definition) is 1. The van der Waals surface area contributed by atoms with E-state index in [-0.39, 0.29) is 12.4 Å². The largest absolute Gasteiger partial charge is 0.493 e. The smallest absolute Gasteiger partial charge is 0.326 e. The standard InChI is InChI=1S/C25H21ClN2O5/c1-31-21-10-7-16-13-28(25-27-19-9-8-17(26)11-22(19)33-25)20(24(29)30)12-18(16)23(21)32-14-15-5-3-2-4-6-15/h2-11,20H,12-14H2,1H3,(H,29,30)/t20-/m0/s1. The van der Waals surface area contributed by atoms with Crippen LogP contribution in [0.1, 0.15) is 16.7 Å². The average molecular weight is 465 g/mol. The lowest BCUT2D eigenvalue weighted by atomic mass is 9.93. The number of anilines is 1. The fourth-order valence-corrected chi connectivity index (χ4v) is 4.26. The van der Waals surface area contributed by atoms with Crippen molar-refractivity contribution >= 4 is 34.7 Å². The highest BCUT2D eigenvalue weighted by molar-refractivity contribution is 6.31. The van der Waals surface area contributed by atoms with Crippen LogP contribution in [0.3, 0.4) is 0 Å². The molecule has 2 heterocycles. The van der Waals surface area contributed by atoms with Crippen LogP contribution >= 0.6 is 11.6 Å². The summed E-state index contributed by atoms with van der Waals surface area (Å²) in [4.78, 5) is 18.4. The summed E-state index contributed by atoms with van der Waals surface area (Å²) < 4.78 is 17.6. The summed E-state index contributed by atoms with van der Waals surface area (Å²) in [5, 5.41) is 10.6. The molecule has 1 aliphatic heterocycles. The predicted octanol–water partition coefficient (Wildman–Crippen LogP) is 5.08. The number of aliphatic carboxylic acids is 1. The summed E-state index contributed by atoms with van der Waals surface area (Å²) in [6, 6.07) is 18.1. The van der Waals surface area contributed by atoms with Gasteiger partial charge in [-0.3, -0.25) is 0 Å². The highest BCUT2D eigenvalue weighted by Crippen LogP contribution is 2.40. The van der Waals surface area contributed by atoms with Gasteiger partial charge in [0.15, 0.2) is 17.1 Å². The number of oxazole rings is 1. The zero-order chi connectivity index (χ0) is 22.9. The number of rotatable bonds is 6. The molecule has 1 atom stereocenters. The van der Waals surface area contributed by atoms with Gasteiger partial charge in [-0.2, -0.15) is 4.98 Å². The van der Waals surface area contributed by atoms with Gasteiger partial charge in [-0.15, -0.1) is 0 Å². The first-order chi connectivity index (χ1) is 16.0. The van der Waals surface area contributed by atoms with Gasteiger partial charge in [0.05, 0.1) is 7.11 Å². The van der Waals surface area contributed by atoms with Gasteiger partial charge in [-0.05, 0) is 29.3 Å². The molecule has 5 rings (SSSR count). The van der Waals surface area contributed by atoms with E-state index in [1.165, 1.54) is 0 Å². The van der Waals surface area contributed by atoms with Crippen LogP contribution in [0.15, 0.2) is 65.1 Å². The predicted molar refractivity (Wildman–Crippen MR) is 124 cm³/mol. The molecule has 0 unspecified atom stereocenters. The lowest BCUT2D eigenvalue weighted by Crippen LogP contribution is -2.46. The Hall–Kier alpha value is -3.71. The fourth-order valence-electron chi connectivity index (χ4n) is 4.10. The number of methoxy groups -OCH3 is 1. The van der Waals surface area contributed by atoms with Crippen LogP contribution in [0, 0.1) is 0 Å². The molecule has 8 heteroatoms. The quantitative estimate of drug-likeness (QED) is 0.425. The number of carbonyl (C=O) groups is 1. The van der Waals surface area contributed by atoms with E-state index in [4.69, 9.17) is 25.5 Å². The Labute approximate surface area is 195 Å². The van der Waals surface area contributed by atoms with Gasteiger partial charge >= 0.3 is 5.97 Å². The van der Waals surface area contributed by atoms with E-state index in [0.717, 1.165) is 16.7 Å². The number of ether oxygens (including phenoxy) is 2. The van der Waals surface area contributed by atoms with Crippen molar-refractivity contribution in [2.45, 2.75) is 25.6 Å². The maximum atomic E-state index is 12.3. The van der Waals surface area contributed by atoms with E-state index in [1.807, 2.05) is 42.5 Å². The molecule has 0 bridgehead atoms. The summed E-state index contributed by atoms with van der Waals surface area (Å²) >= 11 is 6.06. The van der Waals surface area contributed by atoms with Crippen molar-refractivity contribution in [2.24, 2.45) is 0 Å². The minimum atomic E-state index is -0.974. The third-order valence-corrected chi connectivity index (χ3v) is 5.99. The van der Waals surface area contributed by atoms with E-state index in [9.17, 15) is 9.90 Å². The van der Waals surface area contributed by atoms with E-state index < -0.39 is 12.0 Å². The number of fused-ring (bicyclic) bond motifs is 2. The maximum absolute atomic E-state index is 12.3. The molecule has 4 aromatic rings. The lowest BCUT2D eigenvalue weighted by Gasteiger charge is -2.34. The number of carboxylic acids is 1. The van der Waals surface area contributed by atoms with Crippen molar-refractivity contribution in [3.05, 3.63) is 82.4 Å². The van der Waals surface area contributed by atoms with Crippen LogP contribution in [-0.2, 0) is 24.4 Å². The van der Waals surface area contributed by atoms with Crippen molar-refractivity contribution in [3.63, 3.8) is 0 Å². The summed E-state index contributed by atoms with van der Waals surface area (Å²) in [5.41, 5.74) is 3.87. The zero-order valence-corrected chi connectivity index (χ0v) is 18.6. The molecule has 0 amide bonds. The second-order valence-corrected chi connectivity index (χ2v) is 8.24. The van der Waals surface area contributed by atoms with Crippen LogP contribution in [0.25, 0.3) is 11.1 Å². The third-order valence-electron chi connectivity index (χ3n) is 5.75. The molecule has 0 spiro atoms. The Morgan fingerprint density at radius 2 is 2.03 bits per heavy atom. The van der Waals surface area contributed by atoms with Crippen molar-refractivity contribution in [1.82, 2.24) is 4.98 Å². The number of benzene rings is 3. The lowest BCUT2D eigenvalue weighted by molar-refractivity contribution is -0.138. The first-order valence-corrected chi connectivity index (χ1v) is 10.8. The number of hydrogen-bond acceptors (Lipinski definition) is 6. The van der Waals surface area contributed by atoms with Gasteiger partial charge in [0.25, 0.3) is 6.01 Å². The molecule has 7 nitrogen and oxygen atoms in total. The molecule has 0 saturated carbocycles. The molecule has 1 aliphatic rings. The van der Waals surface area contributed by atoms with E-state index in [2.05, 4.69) is 4.98 Å². The summed E-state index contributed by atoms with van der Waals surface area (Å²) in [5.74, 6) is 0.158. The molecular weight excluding hydrogens is 444 g/mol. The molecule has 0 radical (unpaired) electrons. The molecule has 168 valence electrons. The maximum Gasteiger partial charge on any atom is 0.326 e. The highest BCUT2D eigenvalue weighted by Gasteiger charge is 2.36. The topological polar surface area (TPSA) is 85.0 Å². The monoisotopic (exact) mass is 464 g/mol. The minimum absolute atomic E-state index is 0.214. The molecular formula is C25H21ClN2O5. The summed E-state index contributed by atoms with van der Waals surface area (Å²) in [6.07, 6.45) is 0.214. The second-order valence-electron chi connectivity index (χ2n) is 7.80. The number of halogens is 1. The van der Waals surface area contributed by atoms with Crippen LogP contribution in [0.2, 0.25) is 5.02 Å². The molecule has 0 aliphatic carbocycles. The van der Waals surface area contributed by atoms with Crippen molar-refractivity contribution < 1.29 is 23.8 Å². The Balaban J connectivity index is 1.52. The zero-order valence-electron chi connectivity index (χ0n) is 17.8. The van der Waals surface area contributed by atoms with Gasteiger partial charge in [0.2, 0.25) is 0 Å². The van der Waals surface area contributed by atoms with E-state index in [1.54, 1.807) is 30.2 Å². The third kappa shape index (κ3) is 4.07. The molecule has 0 saturated heterocycles. The van der Waals surface area contributed by atoms with Crippen molar-refractivity contribution in [2.75, 3.05) is 12.0 Å². The van der Waals surface area contributed by atoms with E-state index >= 15 is 0 Å². The van der Waals surface area contributed by atoms with Crippen molar-refractivity contribution in [3.8, 4) is 11.5 Å². The Kier molecular flexibility index (Phi) is 5.56. The normalized spacial score (nSPS) is 15.3.